The van der Waals surface area contributed by atoms with Crippen molar-refractivity contribution in [3.05, 3.63) is 65.7 Å². The predicted molar refractivity (Wildman–Crippen MR) is 98.5 cm³/mol. The Hall–Kier alpha value is -2.90. The highest BCUT2D eigenvalue weighted by atomic mass is 16.6. The smallest absolute Gasteiger partial charge is 0.414 e. The van der Waals surface area contributed by atoms with Crippen molar-refractivity contribution in [3.8, 4) is 5.75 Å². The summed E-state index contributed by atoms with van der Waals surface area (Å²) in [5, 5.41) is 20.3. The van der Waals surface area contributed by atoms with E-state index in [1.165, 1.54) is 0 Å². The quantitative estimate of drug-likeness (QED) is 0.624. The van der Waals surface area contributed by atoms with Crippen LogP contribution in [0.3, 0.4) is 0 Å². The van der Waals surface area contributed by atoms with E-state index in [0.29, 0.717) is 29.7 Å². The summed E-state index contributed by atoms with van der Waals surface area (Å²) in [6, 6.07) is 15.3. The van der Waals surface area contributed by atoms with Gasteiger partial charge >= 0.3 is 6.09 Å². The first kappa shape index (κ1) is 20.4. The summed E-state index contributed by atoms with van der Waals surface area (Å²) < 4.78 is 10.9. The predicted octanol–water partition coefficient (Wildman–Crippen LogP) is 2.44. The monoisotopic (exact) mass is 373 g/mol. The van der Waals surface area contributed by atoms with E-state index in [-0.39, 0.29) is 19.8 Å². The number of nitrogens with one attached hydrogen (secondary N) is 1. The van der Waals surface area contributed by atoms with Crippen molar-refractivity contribution in [1.82, 2.24) is 5.32 Å². The molecule has 7 heteroatoms. The number of imide groups is 1. The van der Waals surface area contributed by atoms with Crippen LogP contribution in [0.25, 0.3) is 0 Å². The van der Waals surface area contributed by atoms with E-state index in [1.54, 1.807) is 54.6 Å². The number of para-hydroxylation sites is 1. The van der Waals surface area contributed by atoms with Crippen molar-refractivity contribution in [3.63, 3.8) is 0 Å². The lowest BCUT2D eigenvalue weighted by molar-refractivity contribution is 0.0756. The largest absolute Gasteiger partial charge is 0.491 e. The van der Waals surface area contributed by atoms with Crippen molar-refractivity contribution in [2.75, 3.05) is 19.8 Å². The molecule has 0 bridgehead atoms. The molecule has 0 aliphatic carbocycles. The number of hydrogen-bond donors (Lipinski definition) is 3. The number of carbonyl (C=O) groups is 2. The van der Waals surface area contributed by atoms with E-state index in [9.17, 15) is 9.59 Å². The number of ether oxygens (including phenoxy) is 2. The van der Waals surface area contributed by atoms with E-state index in [2.05, 4.69) is 5.32 Å². The van der Waals surface area contributed by atoms with Crippen LogP contribution in [0.15, 0.2) is 54.6 Å². The van der Waals surface area contributed by atoms with Gasteiger partial charge in [-0.05, 0) is 31.0 Å². The number of benzene rings is 2. The Morgan fingerprint density at radius 3 is 2.37 bits per heavy atom. The van der Waals surface area contributed by atoms with Crippen LogP contribution in [0.2, 0.25) is 0 Å². The highest BCUT2D eigenvalue weighted by Gasteiger charge is 2.22. The fourth-order valence-corrected chi connectivity index (χ4v) is 2.50. The van der Waals surface area contributed by atoms with Crippen molar-refractivity contribution < 1.29 is 29.3 Å². The summed E-state index contributed by atoms with van der Waals surface area (Å²) >= 11 is 0. The lowest BCUT2D eigenvalue weighted by Crippen LogP contribution is -2.32. The molecule has 0 aliphatic heterocycles. The second-order valence-corrected chi connectivity index (χ2v) is 5.69. The molecule has 2 aromatic rings. The second kappa shape index (κ2) is 10.9. The van der Waals surface area contributed by atoms with E-state index < -0.39 is 18.1 Å². The zero-order valence-electron chi connectivity index (χ0n) is 14.8. The highest BCUT2D eigenvalue weighted by molar-refractivity contribution is 6.02. The van der Waals surface area contributed by atoms with Crippen LogP contribution in [0.4, 0.5) is 4.79 Å². The van der Waals surface area contributed by atoms with Gasteiger partial charge in [0.2, 0.25) is 0 Å². The third-order valence-electron chi connectivity index (χ3n) is 3.74. The molecule has 7 nitrogen and oxygen atoms in total. The first-order valence-corrected chi connectivity index (χ1v) is 8.66. The fraction of sp³-hybridized carbons (Fsp3) is 0.300. The Kier molecular flexibility index (Phi) is 8.28. The SMILES string of the molecule is O=C(NC(=O)c1ccccc1)O[C@H](CCCO)c1ccccc1OCCO. The van der Waals surface area contributed by atoms with Gasteiger partial charge in [-0.2, -0.15) is 0 Å². The summed E-state index contributed by atoms with van der Waals surface area (Å²) in [6.45, 7) is -0.116. The topological polar surface area (TPSA) is 105 Å². The first-order chi connectivity index (χ1) is 13.2. The Balaban J connectivity index is 2.10. The molecule has 0 spiro atoms. The summed E-state index contributed by atoms with van der Waals surface area (Å²) in [4.78, 5) is 24.3. The Morgan fingerprint density at radius 2 is 1.67 bits per heavy atom. The maximum atomic E-state index is 12.2. The van der Waals surface area contributed by atoms with Crippen LogP contribution < -0.4 is 10.1 Å². The standard InChI is InChI=1S/C20H23NO6/c22-12-6-11-18(16-9-4-5-10-17(16)26-14-13-23)27-20(25)21-19(24)15-7-2-1-3-8-15/h1-5,7-10,18,22-23H,6,11-14H2,(H,21,24,25)/t18-/m1/s1. The molecule has 3 N–H and O–H groups in total. The summed E-state index contributed by atoms with van der Waals surface area (Å²) in [5.41, 5.74) is 0.940. The molecule has 0 aromatic heterocycles. The molecule has 2 rings (SSSR count). The third-order valence-corrected chi connectivity index (χ3v) is 3.74. The molecule has 2 amide bonds. The lowest BCUT2D eigenvalue weighted by atomic mass is 10.0. The minimum absolute atomic E-state index is 0.0654. The van der Waals surface area contributed by atoms with Gasteiger partial charge in [0.15, 0.2) is 0 Å². The normalized spacial score (nSPS) is 11.5. The van der Waals surface area contributed by atoms with Gasteiger partial charge in [0.1, 0.15) is 18.5 Å². The molecule has 1 atom stereocenters. The number of alkyl carbamates (subject to hydrolysis) is 1. The lowest BCUT2D eigenvalue weighted by Gasteiger charge is -2.21. The average Bonchev–Trinajstić information content (AvgIpc) is 2.70. The zero-order valence-corrected chi connectivity index (χ0v) is 14.8. The van der Waals surface area contributed by atoms with Gasteiger partial charge in [0.05, 0.1) is 6.61 Å². The molecule has 144 valence electrons. The minimum atomic E-state index is -0.885. The van der Waals surface area contributed by atoms with Crippen LogP contribution >= 0.6 is 0 Å². The van der Waals surface area contributed by atoms with E-state index in [0.717, 1.165) is 0 Å². The van der Waals surface area contributed by atoms with Gasteiger partial charge in [-0.1, -0.05) is 36.4 Å². The number of aliphatic hydroxyl groups is 2. The van der Waals surface area contributed by atoms with Crippen LogP contribution in [-0.2, 0) is 4.74 Å². The summed E-state index contributed by atoms with van der Waals surface area (Å²) in [6.07, 6.45) is -0.846. The van der Waals surface area contributed by atoms with Gasteiger partial charge in [-0.15, -0.1) is 0 Å². The molecule has 0 heterocycles. The molecule has 27 heavy (non-hydrogen) atoms. The molecule has 0 saturated carbocycles. The van der Waals surface area contributed by atoms with Crippen LogP contribution in [-0.4, -0.2) is 42.0 Å². The minimum Gasteiger partial charge on any atom is -0.491 e. The number of aliphatic hydroxyl groups excluding tert-OH is 2. The van der Waals surface area contributed by atoms with Gasteiger partial charge in [-0.25, -0.2) is 4.79 Å². The molecular weight excluding hydrogens is 350 g/mol. The maximum absolute atomic E-state index is 12.2. The van der Waals surface area contributed by atoms with Crippen LogP contribution in [0, 0.1) is 0 Å². The molecule has 0 aliphatic rings. The molecule has 0 unspecified atom stereocenters. The van der Waals surface area contributed by atoms with Crippen molar-refractivity contribution in [2.45, 2.75) is 18.9 Å². The Labute approximate surface area is 157 Å². The van der Waals surface area contributed by atoms with Crippen LogP contribution in [0.5, 0.6) is 5.75 Å². The zero-order chi connectivity index (χ0) is 19.5. The van der Waals surface area contributed by atoms with Gasteiger partial charge in [0, 0.05) is 17.7 Å². The van der Waals surface area contributed by atoms with Gasteiger partial charge < -0.3 is 19.7 Å². The van der Waals surface area contributed by atoms with Crippen molar-refractivity contribution in [2.24, 2.45) is 0 Å². The fourth-order valence-electron chi connectivity index (χ4n) is 2.50. The average molecular weight is 373 g/mol. The number of carbonyl (C=O) groups excluding carboxylic acids is 2. The van der Waals surface area contributed by atoms with E-state index in [1.807, 2.05) is 0 Å². The van der Waals surface area contributed by atoms with E-state index >= 15 is 0 Å². The van der Waals surface area contributed by atoms with E-state index in [4.69, 9.17) is 19.7 Å². The second-order valence-electron chi connectivity index (χ2n) is 5.69. The number of hydrogen-bond acceptors (Lipinski definition) is 6. The molecule has 2 aromatic carbocycles. The maximum Gasteiger partial charge on any atom is 0.414 e. The summed E-state index contributed by atoms with van der Waals surface area (Å²) in [7, 11) is 0. The van der Waals surface area contributed by atoms with Crippen molar-refractivity contribution in [1.29, 1.82) is 0 Å². The molecule has 0 radical (unpaired) electrons. The highest BCUT2D eigenvalue weighted by Crippen LogP contribution is 2.31. The first-order valence-electron chi connectivity index (χ1n) is 8.66. The van der Waals surface area contributed by atoms with Gasteiger partial charge in [0.25, 0.3) is 5.91 Å². The number of amides is 2. The van der Waals surface area contributed by atoms with Crippen LogP contribution in [0.1, 0.15) is 34.9 Å². The molecule has 0 saturated heterocycles. The third kappa shape index (κ3) is 6.40. The van der Waals surface area contributed by atoms with Crippen molar-refractivity contribution >= 4 is 12.0 Å². The Morgan fingerprint density at radius 1 is 0.963 bits per heavy atom. The molecule has 0 fully saturated rings. The summed E-state index contributed by atoms with van der Waals surface area (Å²) in [5.74, 6) is -0.0944. The van der Waals surface area contributed by atoms with Gasteiger partial charge in [-0.3, -0.25) is 10.1 Å². The number of rotatable bonds is 9. The Bertz CT molecular complexity index is 734. The molecular formula is C20H23NO6.